The van der Waals surface area contributed by atoms with Crippen molar-refractivity contribution in [3.05, 3.63) is 46.0 Å². The van der Waals surface area contributed by atoms with Crippen molar-refractivity contribution in [2.45, 2.75) is 13.0 Å². The van der Waals surface area contributed by atoms with Gasteiger partial charge in [0.05, 0.1) is 5.56 Å². The van der Waals surface area contributed by atoms with E-state index < -0.39 is 5.97 Å². The standard InChI is InChI=1S/C14H13N3O3S/c15-14-16-11(7-21-14)12(18)17-4-3-8-1-2-9(13(19)20)5-10(8)6-17/h1-2,5,7H,3-4,6H2,(H2,15,16)(H,19,20). The summed E-state index contributed by atoms with van der Waals surface area (Å²) in [5.74, 6) is -1.14. The first kappa shape index (κ1) is 13.6. The molecule has 0 spiro atoms. The molecule has 3 rings (SSSR count). The Balaban J connectivity index is 1.84. The van der Waals surface area contributed by atoms with Crippen molar-refractivity contribution in [2.24, 2.45) is 0 Å². The Morgan fingerprint density at radius 1 is 1.33 bits per heavy atom. The summed E-state index contributed by atoms with van der Waals surface area (Å²) in [6, 6.07) is 5.05. The van der Waals surface area contributed by atoms with Crippen molar-refractivity contribution < 1.29 is 14.7 Å². The summed E-state index contributed by atoms with van der Waals surface area (Å²) in [7, 11) is 0. The van der Waals surface area contributed by atoms with Gasteiger partial charge in [-0.3, -0.25) is 4.79 Å². The van der Waals surface area contributed by atoms with Crippen molar-refractivity contribution in [1.82, 2.24) is 9.88 Å². The topological polar surface area (TPSA) is 96.5 Å². The Bertz CT molecular complexity index is 726. The molecule has 0 saturated carbocycles. The lowest BCUT2D eigenvalue weighted by Crippen LogP contribution is -2.36. The maximum atomic E-state index is 12.3. The number of amides is 1. The SMILES string of the molecule is Nc1nc(C(=O)N2CCc3ccc(C(=O)O)cc3C2)cs1. The molecule has 3 N–H and O–H groups in total. The maximum absolute atomic E-state index is 12.3. The highest BCUT2D eigenvalue weighted by atomic mass is 32.1. The highest BCUT2D eigenvalue weighted by Crippen LogP contribution is 2.22. The van der Waals surface area contributed by atoms with Gasteiger partial charge in [-0.25, -0.2) is 9.78 Å². The summed E-state index contributed by atoms with van der Waals surface area (Å²) >= 11 is 1.23. The fourth-order valence-corrected chi connectivity index (χ4v) is 2.95. The number of hydrogen-bond donors (Lipinski definition) is 2. The minimum absolute atomic E-state index is 0.172. The van der Waals surface area contributed by atoms with Gasteiger partial charge in [0.2, 0.25) is 0 Å². The third-order valence-corrected chi connectivity index (χ3v) is 4.17. The van der Waals surface area contributed by atoms with Gasteiger partial charge < -0.3 is 15.7 Å². The number of carbonyl (C=O) groups excluding carboxylic acids is 1. The second-order valence-electron chi connectivity index (χ2n) is 4.84. The number of fused-ring (bicyclic) bond motifs is 1. The van der Waals surface area contributed by atoms with Crippen LogP contribution >= 0.6 is 11.3 Å². The quantitative estimate of drug-likeness (QED) is 0.878. The monoisotopic (exact) mass is 303 g/mol. The molecular formula is C14H13N3O3S. The first-order chi connectivity index (χ1) is 10.0. The highest BCUT2D eigenvalue weighted by Gasteiger charge is 2.24. The van der Waals surface area contributed by atoms with Gasteiger partial charge in [0.1, 0.15) is 5.69 Å². The van der Waals surface area contributed by atoms with Gasteiger partial charge in [-0.15, -0.1) is 11.3 Å². The molecule has 6 nitrogen and oxygen atoms in total. The molecule has 0 bridgehead atoms. The molecule has 2 heterocycles. The molecule has 1 aromatic heterocycles. The number of carboxylic acid groups (broad SMARTS) is 1. The summed E-state index contributed by atoms with van der Waals surface area (Å²) < 4.78 is 0. The largest absolute Gasteiger partial charge is 0.478 e. The van der Waals surface area contributed by atoms with E-state index in [1.807, 2.05) is 6.07 Å². The van der Waals surface area contributed by atoms with E-state index in [9.17, 15) is 9.59 Å². The van der Waals surface area contributed by atoms with Gasteiger partial charge in [-0.1, -0.05) is 6.07 Å². The Hall–Kier alpha value is -2.41. The van der Waals surface area contributed by atoms with Crippen LogP contribution in [-0.4, -0.2) is 33.4 Å². The lowest BCUT2D eigenvalue weighted by Gasteiger charge is -2.28. The van der Waals surface area contributed by atoms with E-state index >= 15 is 0 Å². The zero-order valence-electron chi connectivity index (χ0n) is 11.1. The van der Waals surface area contributed by atoms with Gasteiger partial charge >= 0.3 is 5.97 Å². The van der Waals surface area contributed by atoms with Gasteiger partial charge in [-0.05, 0) is 29.7 Å². The third kappa shape index (κ3) is 2.59. The number of hydrogen-bond acceptors (Lipinski definition) is 5. The molecule has 1 aliphatic heterocycles. The van der Waals surface area contributed by atoms with Crippen molar-refractivity contribution in [1.29, 1.82) is 0 Å². The number of nitrogens with two attached hydrogens (primary N) is 1. The molecule has 0 aliphatic carbocycles. The lowest BCUT2D eigenvalue weighted by atomic mass is 9.97. The van der Waals surface area contributed by atoms with Crippen molar-refractivity contribution >= 4 is 28.3 Å². The summed E-state index contributed by atoms with van der Waals surface area (Å²) in [6.07, 6.45) is 0.709. The number of carbonyl (C=O) groups is 2. The van der Waals surface area contributed by atoms with Gasteiger partial charge in [0.25, 0.3) is 5.91 Å². The van der Waals surface area contributed by atoms with Crippen LogP contribution < -0.4 is 5.73 Å². The number of nitrogens with zero attached hydrogens (tertiary/aromatic N) is 2. The van der Waals surface area contributed by atoms with Crippen molar-refractivity contribution in [2.75, 3.05) is 12.3 Å². The second kappa shape index (κ2) is 5.17. The second-order valence-corrected chi connectivity index (χ2v) is 5.73. The summed E-state index contributed by atoms with van der Waals surface area (Å²) in [5.41, 5.74) is 8.08. The van der Waals surface area contributed by atoms with E-state index in [2.05, 4.69) is 4.98 Å². The third-order valence-electron chi connectivity index (χ3n) is 3.49. The average molecular weight is 303 g/mol. The predicted molar refractivity (Wildman–Crippen MR) is 78.4 cm³/mol. The minimum atomic E-state index is -0.964. The van der Waals surface area contributed by atoms with Crippen molar-refractivity contribution in [3.63, 3.8) is 0 Å². The minimum Gasteiger partial charge on any atom is -0.478 e. The molecule has 21 heavy (non-hydrogen) atoms. The van der Waals surface area contributed by atoms with E-state index in [1.165, 1.54) is 11.3 Å². The number of anilines is 1. The number of aromatic carboxylic acids is 1. The Labute approximate surface area is 124 Å². The normalized spacial score (nSPS) is 13.8. The first-order valence-corrected chi connectivity index (χ1v) is 7.28. The zero-order valence-corrected chi connectivity index (χ0v) is 11.9. The molecule has 108 valence electrons. The van der Waals surface area contributed by atoms with Crippen LogP contribution in [0.15, 0.2) is 23.6 Å². The van der Waals surface area contributed by atoms with Crippen LogP contribution in [0.3, 0.4) is 0 Å². The van der Waals surface area contributed by atoms with Crippen LogP contribution in [0.1, 0.15) is 32.0 Å². The molecule has 0 radical (unpaired) electrons. The number of nitrogen functional groups attached to an aromatic ring is 1. The smallest absolute Gasteiger partial charge is 0.335 e. The molecule has 1 aliphatic rings. The molecule has 1 amide bonds. The molecule has 7 heteroatoms. The Morgan fingerprint density at radius 3 is 2.81 bits per heavy atom. The summed E-state index contributed by atoms with van der Waals surface area (Å²) in [6.45, 7) is 0.988. The van der Waals surface area contributed by atoms with E-state index in [-0.39, 0.29) is 11.5 Å². The average Bonchev–Trinajstić information content (AvgIpc) is 2.91. The number of rotatable bonds is 2. The van der Waals surface area contributed by atoms with E-state index in [1.54, 1.807) is 22.4 Å². The fraction of sp³-hybridized carbons (Fsp3) is 0.214. The highest BCUT2D eigenvalue weighted by molar-refractivity contribution is 7.13. The van der Waals surface area contributed by atoms with Crippen LogP contribution in [0.25, 0.3) is 0 Å². The first-order valence-electron chi connectivity index (χ1n) is 6.40. The lowest BCUT2D eigenvalue weighted by molar-refractivity contribution is 0.0696. The van der Waals surface area contributed by atoms with Crippen molar-refractivity contribution in [3.8, 4) is 0 Å². The summed E-state index contributed by atoms with van der Waals surface area (Å²) in [4.78, 5) is 29.0. The number of carboxylic acids is 1. The van der Waals surface area contributed by atoms with Crippen LogP contribution in [0.2, 0.25) is 0 Å². The molecule has 0 unspecified atom stereocenters. The molecule has 0 saturated heterocycles. The van der Waals surface area contributed by atoms with Crippen LogP contribution in [0, 0.1) is 0 Å². The maximum Gasteiger partial charge on any atom is 0.335 e. The predicted octanol–water partition coefficient (Wildman–Crippen LogP) is 1.62. The molecule has 1 aromatic carbocycles. The fourth-order valence-electron chi connectivity index (χ4n) is 2.41. The van der Waals surface area contributed by atoms with Crippen LogP contribution in [-0.2, 0) is 13.0 Å². The molecule has 0 fully saturated rings. The molecule has 2 aromatic rings. The Morgan fingerprint density at radius 2 is 2.14 bits per heavy atom. The zero-order chi connectivity index (χ0) is 15.0. The number of benzene rings is 1. The number of aromatic nitrogens is 1. The molecule has 0 atom stereocenters. The van der Waals surface area contributed by atoms with Crippen LogP contribution in [0.5, 0.6) is 0 Å². The summed E-state index contributed by atoms with van der Waals surface area (Å²) in [5, 5.41) is 11.0. The number of thiazole rings is 1. The van der Waals surface area contributed by atoms with Gasteiger partial charge in [0, 0.05) is 18.5 Å². The van der Waals surface area contributed by atoms with Gasteiger partial charge in [-0.2, -0.15) is 0 Å². The van der Waals surface area contributed by atoms with Crippen LogP contribution in [0.4, 0.5) is 5.13 Å². The van der Waals surface area contributed by atoms with Gasteiger partial charge in [0.15, 0.2) is 5.13 Å². The van der Waals surface area contributed by atoms with E-state index in [4.69, 9.17) is 10.8 Å². The van der Waals surface area contributed by atoms with E-state index in [0.29, 0.717) is 30.3 Å². The molecular weight excluding hydrogens is 290 g/mol. The Kier molecular flexibility index (Phi) is 3.34. The van der Waals surface area contributed by atoms with E-state index in [0.717, 1.165) is 11.1 Å².